The molecule has 1 aliphatic rings. The van der Waals surface area contributed by atoms with E-state index in [-0.39, 0.29) is 5.56 Å². The maximum absolute atomic E-state index is 13.1. The Morgan fingerprint density at radius 1 is 1.33 bits per heavy atom. The van der Waals surface area contributed by atoms with E-state index in [4.69, 9.17) is 5.11 Å². The summed E-state index contributed by atoms with van der Waals surface area (Å²) in [5.41, 5.74) is 0.0603. The maximum Gasteiger partial charge on any atom is 0.408 e. The molecule has 1 saturated heterocycles. The zero-order valence-corrected chi connectivity index (χ0v) is 9.02. The number of carbonyl (C=O) groups is 2. The number of hydrogen-bond donors (Lipinski definition) is 2. The lowest BCUT2D eigenvalue weighted by Gasteiger charge is -2.15. The minimum atomic E-state index is -1.29. The summed E-state index contributed by atoms with van der Waals surface area (Å²) in [5.74, 6) is -2.41. The third-order valence-electron chi connectivity index (χ3n) is 2.53. The quantitative estimate of drug-likeness (QED) is 0.834. The highest BCUT2D eigenvalue weighted by atomic mass is 19.1. The number of aliphatic hydroxyl groups is 1. The highest BCUT2D eigenvalue weighted by Gasteiger charge is 2.40. The maximum atomic E-state index is 13.1. The zero-order chi connectivity index (χ0) is 13.3. The number of carbonyl (C=O) groups excluding carboxylic acids is 2. The fourth-order valence-electron chi connectivity index (χ4n) is 1.77. The molecule has 18 heavy (non-hydrogen) atoms. The van der Waals surface area contributed by atoms with Crippen LogP contribution in [0, 0.1) is 11.6 Å². The fourth-order valence-corrected chi connectivity index (χ4v) is 1.77. The Morgan fingerprint density at radius 3 is 2.50 bits per heavy atom. The average Bonchev–Trinajstić information content (AvgIpc) is 2.69. The van der Waals surface area contributed by atoms with Gasteiger partial charge in [-0.05, 0) is 17.7 Å². The van der Waals surface area contributed by atoms with Crippen LogP contribution in [-0.2, 0) is 9.53 Å². The molecule has 0 saturated carbocycles. The number of benzene rings is 1. The first-order valence-electron chi connectivity index (χ1n) is 5.08. The Bertz CT molecular complexity index is 486. The molecule has 0 spiro atoms. The molecule has 2 atom stereocenters. The zero-order valence-electron chi connectivity index (χ0n) is 9.02. The molecule has 0 aliphatic carbocycles. The number of Topliss-reactive ketones (excluding diaryl/α,β-unsaturated/α-hetero) is 1. The van der Waals surface area contributed by atoms with Crippen molar-refractivity contribution < 1.29 is 28.2 Å². The van der Waals surface area contributed by atoms with Gasteiger partial charge in [-0.15, -0.1) is 0 Å². The number of aliphatic hydroxyl groups excluding tert-OH is 1. The van der Waals surface area contributed by atoms with Crippen LogP contribution >= 0.6 is 0 Å². The Morgan fingerprint density at radius 2 is 1.94 bits per heavy atom. The van der Waals surface area contributed by atoms with Gasteiger partial charge in [0.15, 0.2) is 6.10 Å². The predicted molar refractivity (Wildman–Crippen MR) is 54.6 cm³/mol. The van der Waals surface area contributed by atoms with Crippen LogP contribution < -0.4 is 5.32 Å². The SMILES string of the molecule is O=C1N[C@@H](c2cc(F)cc(F)c2)[C@H](C(=O)CO)O1. The van der Waals surface area contributed by atoms with Crippen LogP contribution in [0.15, 0.2) is 18.2 Å². The fraction of sp³-hybridized carbons (Fsp3) is 0.273. The van der Waals surface area contributed by atoms with Crippen molar-refractivity contribution in [3.8, 4) is 0 Å². The van der Waals surface area contributed by atoms with E-state index in [0.29, 0.717) is 6.07 Å². The molecule has 5 nitrogen and oxygen atoms in total. The van der Waals surface area contributed by atoms with Crippen LogP contribution in [0.3, 0.4) is 0 Å². The van der Waals surface area contributed by atoms with Crippen molar-refractivity contribution in [3.05, 3.63) is 35.4 Å². The van der Waals surface area contributed by atoms with Crippen molar-refractivity contribution in [1.29, 1.82) is 0 Å². The number of alkyl carbamates (subject to hydrolysis) is 1. The minimum absolute atomic E-state index is 0.0603. The van der Waals surface area contributed by atoms with E-state index in [1.165, 1.54) is 0 Å². The second kappa shape index (κ2) is 4.69. The van der Waals surface area contributed by atoms with Gasteiger partial charge in [-0.25, -0.2) is 13.6 Å². The van der Waals surface area contributed by atoms with Gasteiger partial charge in [0.05, 0.1) is 0 Å². The molecule has 0 radical (unpaired) electrons. The number of hydrogen-bond acceptors (Lipinski definition) is 4. The molecular formula is C11H9F2NO4. The third-order valence-corrected chi connectivity index (χ3v) is 2.53. The van der Waals surface area contributed by atoms with Crippen molar-refractivity contribution in [3.63, 3.8) is 0 Å². The topological polar surface area (TPSA) is 75.6 Å². The van der Waals surface area contributed by atoms with Gasteiger partial charge in [0.1, 0.15) is 24.3 Å². The minimum Gasteiger partial charge on any atom is -0.436 e. The predicted octanol–water partition coefficient (Wildman–Crippen LogP) is 0.676. The van der Waals surface area contributed by atoms with E-state index >= 15 is 0 Å². The molecule has 1 aromatic carbocycles. The molecule has 1 aliphatic heterocycles. The highest BCUT2D eigenvalue weighted by Crippen LogP contribution is 2.26. The summed E-state index contributed by atoms with van der Waals surface area (Å²) < 4.78 is 30.8. The number of nitrogens with one attached hydrogen (secondary N) is 1. The Hall–Kier alpha value is -2.02. The smallest absolute Gasteiger partial charge is 0.408 e. The van der Waals surface area contributed by atoms with E-state index in [0.717, 1.165) is 12.1 Å². The van der Waals surface area contributed by atoms with Gasteiger partial charge in [0.2, 0.25) is 5.78 Å². The molecule has 96 valence electrons. The van der Waals surface area contributed by atoms with E-state index < -0.39 is 42.3 Å². The number of amides is 1. The number of ketones is 1. The second-order valence-corrected chi connectivity index (χ2v) is 3.78. The van der Waals surface area contributed by atoms with Crippen molar-refractivity contribution >= 4 is 11.9 Å². The monoisotopic (exact) mass is 257 g/mol. The number of halogens is 2. The summed E-state index contributed by atoms with van der Waals surface area (Å²) in [6, 6.07) is 1.63. The summed E-state index contributed by atoms with van der Waals surface area (Å²) in [7, 11) is 0. The summed E-state index contributed by atoms with van der Waals surface area (Å²) in [6.07, 6.45) is -2.17. The molecular weight excluding hydrogens is 248 g/mol. The molecule has 1 heterocycles. The van der Waals surface area contributed by atoms with Crippen molar-refractivity contribution in [2.45, 2.75) is 12.1 Å². The summed E-state index contributed by atoms with van der Waals surface area (Å²) in [5, 5.41) is 11.0. The normalized spacial score (nSPS) is 22.5. The van der Waals surface area contributed by atoms with Gasteiger partial charge >= 0.3 is 6.09 Å². The molecule has 1 amide bonds. The first-order chi connectivity index (χ1) is 8.51. The third kappa shape index (κ3) is 2.30. The van der Waals surface area contributed by atoms with Crippen molar-refractivity contribution in [2.24, 2.45) is 0 Å². The van der Waals surface area contributed by atoms with Crippen LogP contribution in [-0.4, -0.2) is 29.7 Å². The largest absolute Gasteiger partial charge is 0.436 e. The molecule has 2 N–H and O–H groups in total. The summed E-state index contributed by atoms with van der Waals surface area (Å²) in [6.45, 7) is -0.825. The first-order valence-corrected chi connectivity index (χ1v) is 5.08. The Labute approximate surface area is 100 Å². The van der Waals surface area contributed by atoms with E-state index in [1.54, 1.807) is 0 Å². The molecule has 1 fully saturated rings. The van der Waals surface area contributed by atoms with E-state index in [2.05, 4.69) is 10.1 Å². The molecule has 0 unspecified atom stereocenters. The summed E-state index contributed by atoms with van der Waals surface area (Å²) in [4.78, 5) is 22.4. The number of cyclic esters (lactones) is 1. The van der Waals surface area contributed by atoms with Gasteiger partial charge < -0.3 is 15.2 Å². The van der Waals surface area contributed by atoms with Crippen LogP contribution in [0.25, 0.3) is 0 Å². The van der Waals surface area contributed by atoms with Gasteiger partial charge in [0.25, 0.3) is 0 Å². The van der Waals surface area contributed by atoms with Crippen molar-refractivity contribution in [2.75, 3.05) is 6.61 Å². The average molecular weight is 257 g/mol. The Balaban J connectivity index is 2.35. The lowest BCUT2D eigenvalue weighted by molar-refractivity contribution is -0.129. The van der Waals surface area contributed by atoms with Gasteiger partial charge in [0, 0.05) is 6.07 Å². The van der Waals surface area contributed by atoms with Gasteiger partial charge in [-0.3, -0.25) is 4.79 Å². The molecule has 0 aromatic heterocycles. The van der Waals surface area contributed by atoms with Crippen LogP contribution in [0.4, 0.5) is 13.6 Å². The standard InChI is InChI=1S/C11H9F2NO4/c12-6-1-5(2-7(13)3-6)9-10(8(16)4-15)18-11(17)14-9/h1-3,9-10,15H,4H2,(H,14,17)/t9-,10-/m0/s1. The second-order valence-electron chi connectivity index (χ2n) is 3.78. The first kappa shape index (κ1) is 12.4. The lowest BCUT2D eigenvalue weighted by atomic mass is 9.99. The van der Waals surface area contributed by atoms with Gasteiger partial charge in [-0.1, -0.05) is 0 Å². The number of ether oxygens (including phenoxy) is 1. The molecule has 0 bridgehead atoms. The lowest BCUT2D eigenvalue weighted by Crippen LogP contribution is -2.31. The van der Waals surface area contributed by atoms with Crippen LogP contribution in [0.2, 0.25) is 0 Å². The molecule has 1 aromatic rings. The van der Waals surface area contributed by atoms with Crippen LogP contribution in [0.1, 0.15) is 11.6 Å². The molecule has 7 heteroatoms. The van der Waals surface area contributed by atoms with E-state index in [1.807, 2.05) is 0 Å². The molecule has 2 rings (SSSR count). The highest BCUT2D eigenvalue weighted by molar-refractivity contribution is 5.89. The van der Waals surface area contributed by atoms with Crippen molar-refractivity contribution in [1.82, 2.24) is 5.32 Å². The van der Waals surface area contributed by atoms with Crippen LogP contribution in [0.5, 0.6) is 0 Å². The Kier molecular flexibility index (Phi) is 3.24. The van der Waals surface area contributed by atoms with E-state index in [9.17, 15) is 18.4 Å². The van der Waals surface area contributed by atoms with Gasteiger partial charge in [-0.2, -0.15) is 0 Å². The number of rotatable bonds is 3. The summed E-state index contributed by atoms with van der Waals surface area (Å²) >= 11 is 0.